The second-order valence-corrected chi connectivity index (χ2v) is 2.70. The minimum atomic E-state index is -4.29. The number of epoxide rings is 1. The van der Waals surface area contributed by atoms with E-state index >= 15 is 0 Å². The molecule has 2 atom stereocenters. The highest BCUT2D eigenvalue weighted by atomic mass is 19.4. The van der Waals surface area contributed by atoms with Crippen LogP contribution in [0.15, 0.2) is 12.2 Å². The van der Waals surface area contributed by atoms with Gasteiger partial charge >= 0.3 is 6.18 Å². The van der Waals surface area contributed by atoms with Crippen LogP contribution in [-0.2, 0) is 9.47 Å². The molecule has 1 rings (SSSR count). The molecule has 1 fully saturated rings. The van der Waals surface area contributed by atoms with E-state index in [0.717, 1.165) is 0 Å². The Bertz CT molecular complexity index is 188. The lowest BCUT2D eigenvalue weighted by Crippen LogP contribution is -2.18. The van der Waals surface area contributed by atoms with Crippen LogP contribution in [0.25, 0.3) is 0 Å². The van der Waals surface area contributed by atoms with Gasteiger partial charge in [-0.05, 0) is 12.5 Å². The van der Waals surface area contributed by atoms with Crippen LogP contribution in [0.1, 0.15) is 6.92 Å². The summed E-state index contributed by atoms with van der Waals surface area (Å²) in [6.07, 6.45) is -5.39. The van der Waals surface area contributed by atoms with E-state index in [4.69, 9.17) is 4.74 Å². The van der Waals surface area contributed by atoms with Crippen LogP contribution in [0, 0.1) is 0 Å². The molecule has 1 aliphatic rings. The van der Waals surface area contributed by atoms with Crippen LogP contribution >= 0.6 is 0 Å². The summed E-state index contributed by atoms with van der Waals surface area (Å²) in [5.74, 6) is 0. The van der Waals surface area contributed by atoms with Gasteiger partial charge in [-0.25, -0.2) is 0 Å². The molecule has 12 heavy (non-hydrogen) atoms. The molecule has 1 saturated heterocycles. The fraction of sp³-hybridized carbons (Fsp3) is 0.714. The smallest absolute Gasteiger partial charge is 0.340 e. The third kappa shape index (κ3) is 2.83. The quantitative estimate of drug-likeness (QED) is 0.491. The fourth-order valence-corrected chi connectivity index (χ4v) is 0.751. The molecule has 0 saturated carbocycles. The second-order valence-electron chi connectivity index (χ2n) is 2.70. The lowest BCUT2D eigenvalue weighted by molar-refractivity contribution is -0.184. The van der Waals surface area contributed by atoms with Gasteiger partial charge in [0.15, 0.2) is 6.29 Å². The molecular weight excluding hydrogens is 173 g/mol. The molecule has 0 amide bonds. The molecule has 0 N–H and O–H groups in total. The molecular formula is C7H9F3O2. The van der Waals surface area contributed by atoms with Gasteiger partial charge in [-0.1, -0.05) is 6.58 Å². The summed E-state index contributed by atoms with van der Waals surface area (Å²) in [5, 5.41) is 0. The van der Waals surface area contributed by atoms with E-state index < -0.39 is 19.1 Å². The van der Waals surface area contributed by atoms with Gasteiger partial charge < -0.3 is 9.47 Å². The number of hydrogen-bond donors (Lipinski definition) is 0. The van der Waals surface area contributed by atoms with Crippen molar-refractivity contribution in [3.05, 3.63) is 12.2 Å². The maximum atomic E-state index is 11.6. The Kier molecular flexibility index (Phi) is 2.44. The molecule has 2 unspecified atom stereocenters. The molecule has 0 radical (unpaired) electrons. The predicted octanol–water partition coefficient (Wildman–Crippen LogP) is 1.87. The summed E-state index contributed by atoms with van der Waals surface area (Å²) in [7, 11) is 0. The first-order chi connectivity index (χ1) is 5.40. The van der Waals surface area contributed by atoms with Crippen molar-refractivity contribution in [2.24, 2.45) is 0 Å². The van der Waals surface area contributed by atoms with Crippen molar-refractivity contribution in [3.8, 4) is 0 Å². The topological polar surface area (TPSA) is 21.8 Å². The normalized spacial score (nSPS) is 28.7. The van der Waals surface area contributed by atoms with Crippen LogP contribution in [0.5, 0.6) is 0 Å². The highest BCUT2D eigenvalue weighted by Gasteiger charge is 2.43. The lowest BCUT2D eigenvalue weighted by atomic mass is 10.2. The Morgan fingerprint density at radius 2 is 2.17 bits per heavy atom. The largest absolute Gasteiger partial charge is 0.411 e. The molecule has 70 valence electrons. The van der Waals surface area contributed by atoms with Crippen molar-refractivity contribution < 1.29 is 22.6 Å². The van der Waals surface area contributed by atoms with E-state index in [-0.39, 0.29) is 6.10 Å². The Balaban J connectivity index is 2.16. The van der Waals surface area contributed by atoms with Gasteiger partial charge in [0, 0.05) is 0 Å². The van der Waals surface area contributed by atoms with Gasteiger partial charge in [0.1, 0.15) is 12.7 Å². The van der Waals surface area contributed by atoms with Gasteiger partial charge in [-0.2, -0.15) is 13.2 Å². The van der Waals surface area contributed by atoms with Gasteiger partial charge in [0.05, 0.1) is 0 Å². The highest BCUT2D eigenvalue weighted by molar-refractivity contribution is 5.06. The van der Waals surface area contributed by atoms with Crippen molar-refractivity contribution in [2.75, 3.05) is 6.61 Å². The van der Waals surface area contributed by atoms with Gasteiger partial charge in [0.2, 0.25) is 0 Å². The number of rotatable bonds is 3. The molecule has 5 heteroatoms. The Morgan fingerprint density at radius 1 is 1.58 bits per heavy atom. The summed E-state index contributed by atoms with van der Waals surface area (Å²) in [4.78, 5) is 0. The summed E-state index contributed by atoms with van der Waals surface area (Å²) in [5.41, 5.74) is 0.683. The van der Waals surface area contributed by atoms with Crippen LogP contribution in [-0.4, -0.2) is 25.2 Å². The van der Waals surface area contributed by atoms with Gasteiger partial charge in [-0.15, -0.1) is 0 Å². The van der Waals surface area contributed by atoms with E-state index in [1.807, 2.05) is 0 Å². The average molecular weight is 182 g/mol. The number of alkyl halides is 3. The van der Waals surface area contributed by atoms with E-state index in [2.05, 4.69) is 11.3 Å². The standard InChI is InChI=1S/C7H9F3O2/c1-4(2)5-6(12-5)11-3-7(8,9)10/h5-6H,1,3H2,2H3. The fourth-order valence-electron chi connectivity index (χ4n) is 0.751. The molecule has 0 bridgehead atoms. The second kappa shape index (κ2) is 3.06. The molecule has 0 aromatic rings. The van der Waals surface area contributed by atoms with Crippen molar-refractivity contribution in [3.63, 3.8) is 0 Å². The van der Waals surface area contributed by atoms with Gasteiger partial charge in [0.25, 0.3) is 0 Å². The average Bonchev–Trinajstić information content (AvgIpc) is 2.59. The van der Waals surface area contributed by atoms with E-state index in [1.165, 1.54) is 0 Å². The van der Waals surface area contributed by atoms with E-state index in [0.29, 0.717) is 5.57 Å². The molecule has 2 nitrogen and oxygen atoms in total. The maximum absolute atomic E-state index is 11.6. The first-order valence-electron chi connectivity index (χ1n) is 3.39. The minimum absolute atomic E-state index is 0.354. The SMILES string of the molecule is C=C(C)C1OC1OCC(F)(F)F. The molecule has 0 spiro atoms. The van der Waals surface area contributed by atoms with Crippen LogP contribution < -0.4 is 0 Å². The Hall–Kier alpha value is -0.550. The molecule has 0 aliphatic carbocycles. The number of ether oxygens (including phenoxy) is 2. The maximum Gasteiger partial charge on any atom is 0.411 e. The summed E-state index contributed by atoms with van der Waals surface area (Å²) in [6.45, 7) is 3.95. The predicted molar refractivity (Wildman–Crippen MR) is 35.5 cm³/mol. The zero-order valence-corrected chi connectivity index (χ0v) is 6.52. The monoisotopic (exact) mass is 182 g/mol. The van der Waals surface area contributed by atoms with Crippen LogP contribution in [0.2, 0.25) is 0 Å². The van der Waals surface area contributed by atoms with Crippen molar-refractivity contribution in [2.45, 2.75) is 25.5 Å². The zero-order valence-electron chi connectivity index (χ0n) is 6.52. The molecule has 0 aromatic carbocycles. The van der Waals surface area contributed by atoms with E-state index in [9.17, 15) is 13.2 Å². The number of halogens is 3. The molecule has 0 aromatic heterocycles. The summed E-state index contributed by atoms with van der Waals surface area (Å²) in [6, 6.07) is 0. The first kappa shape index (κ1) is 9.54. The van der Waals surface area contributed by atoms with Crippen LogP contribution in [0.3, 0.4) is 0 Å². The molecule has 1 aliphatic heterocycles. The van der Waals surface area contributed by atoms with Gasteiger partial charge in [-0.3, -0.25) is 0 Å². The van der Waals surface area contributed by atoms with E-state index in [1.54, 1.807) is 6.92 Å². The van der Waals surface area contributed by atoms with Crippen molar-refractivity contribution >= 4 is 0 Å². The third-order valence-corrected chi connectivity index (χ3v) is 1.35. The zero-order chi connectivity index (χ0) is 9.35. The first-order valence-corrected chi connectivity index (χ1v) is 3.39. The molecule has 1 heterocycles. The summed E-state index contributed by atoms with van der Waals surface area (Å²) < 4.78 is 43.8. The Morgan fingerprint density at radius 3 is 2.50 bits per heavy atom. The highest BCUT2D eigenvalue weighted by Crippen LogP contribution is 2.30. The van der Waals surface area contributed by atoms with Crippen molar-refractivity contribution in [1.82, 2.24) is 0 Å². The minimum Gasteiger partial charge on any atom is -0.340 e. The van der Waals surface area contributed by atoms with Crippen molar-refractivity contribution in [1.29, 1.82) is 0 Å². The van der Waals surface area contributed by atoms with Crippen LogP contribution in [0.4, 0.5) is 13.2 Å². The lowest BCUT2D eigenvalue weighted by Gasteiger charge is -2.04. The number of hydrogen-bond acceptors (Lipinski definition) is 2. The Labute approximate surface area is 68.0 Å². The summed E-state index contributed by atoms with van der Waals surface area (Å²) >= 11 is 0. The third-order valence-electron chi connectivity index (χ3n) is 1.35.